The summed E-state index contributed by atoms with van der Waals surface area (Å²) in [4.78, 5) is 11.8. The van der Waals surface area contributed by atoms with Gasteiger partial charge in [-0.25, -0.2) is 18.2 Å². The molecule has 22 heavy (non-hydrogen) atoms. The second-order valence-corrected chi connectivity index (χ2v) is 6.66. The van der Waals surface area contributed by atoms with Crippen LogP contribution in [-0.2, 0) is 47.5 Å². The Hall–Kier alpha value is -0.536. The molecule has 0 spiro atoms. The number of amides is 1. The van der Waals surface area contributed by atoms with E-state index in [1.807, 2.05) is 0 Å². The smallest absolute Gasteiger partial charge is 0.259 e. The fourth-order valence-electron chi connectivity index (χ4n) is 2.34. The largest absolute Gasteiger partial charge is 0.497 e. The number of hydrogen-bond donors (Lipinski definition) is 2. The van der Waals surface area contributed by atoms with E-state index >= 15 is 0 Å². The molecule has 0 aromatic heterocycles. The van der Waals surface area contributed by atoms with Crippen molar-refractivity contribution in [1.29, 1.82) is 0 Å². The number of sulfonamides is 1. The van der Waals surface area contributed by atoms with E-state index in [9.17, 15) is 13.2 Å². The number of hydroxylamine groups is 1. The van der Waals surface area contributed by atoms with Crippen LogP contribution in [0.5, 0.6) is 5.75 Å². The molecule has 7 nitrogen and oxygen atoms in total. The van der Waals surface area contributed by atoms with E-state index in [2.05, 4.69) is 0 Å². The average molecular weight is 402 g/mol. The van der Waals surface area contributed by atoms with Crippen LogP contribution >= 0.6 is 0 Å². The zero-order chi connectivity index (χ0) is 15.6. The Bertz CT molecular complexity index is 620. The SMILES string of the molecule is COc1ccc(S(=O)(=O)N2C[CH-]C(C)C2C(=O)NO)cc1.[Y]. The first-order valence-corrected chi connectivity index (χ1v) is 7.79. The van der Waals surface area contributed by atoms with Gasteiger partial charge in [-0.1, -0.05) is 6.92 Å². The van der Waals surface area contributed by atoms with Gasteiger partial charge in [-0.15, -0.1) is 12.5 Å². The fourth-order valence-corrected chi connectivity index (χ4v) is 3.96. The van der Waals surface area contributed by atoms with E-state index in [1.54, 1.807) is 13.3 Å². The van der Waals surface area contributed by atoms with E-state index < -0.39 is 22.0 Å². The fraction of sp³-hybridized carbons (Fsp3) is 0.385. The molecule has 1 heterocycles. The molecule has 0 bridgehead atoms. The van der Waals surface area contributed by atoms with E-state index in [-0.39, 0.29) is 50.1 Å². The zero-order valence-corrected chi connectivity index (χ0v) is 15.9. The van der Waals surface area contributed by atoms with Gasteiger partial charge in [-0.05, 0) is 24.3 Å². The number of carbonyl (C=O) groups excluding carboxylic acids is 1. The van der Waals surface area contributed by atoms with E-state index in [0.717, 1.165) is 4.31 Å². The summed E-state index contributed by atoms with van der Waals surface area (Å²) in [6.45, 7) is 1.84. The molecule has 1 aromatic rings. The van der Waals surface area contributed by atoms with Crippen LogP contribution in [0.1, 0.15) is 6.92 Å². The molecule has 0 saturated carbocycles. The van der Waals surface area contributed by atoms with Gasteiger partial charge in [0.2, 0.25) is 10.0 Å². The molecule has 1 radical (unpaired) electrons. The molecule has 2 atom stereocenters. The Labute approximate surface area is 154 Å². The maximum Gasteiger partial charge on any atom is 0.259 e. The van der Waals surface area contributed by atoms with E-state index in [4.69, 9.17) is 9.94 Å². The predicted octanol–water partition coefficient (Wildman–Crippen LogP) is 0.411. The third-order valence-electron chi connectivity index (χ3n) is 3.51. The molecule has 1 saturated heterocycles. The summed E-state index contributed by atoms with van der Waals surface area (Å²) in [6, 6.07) is 4.96. The zero-order valence-electron chi connectivity index (χ0n) is 12.3. The van der Waals surface area contributed by atoms with Gasteiger partial charge in [0.15, 0.2) is 0 Å². The molecule has 2 N–H and O–H groups in total. The average Bonchev–Trinajstić information content (AvgIpc) is 2.89. The van der Waals surface area contributed by atoms with Crippen molar-refractivity contribution in [1.82, 2.24) is 9.79 Å². The van der Waals surface area contributed by atoms with Crippen molar-refractivity contribution in [2.24, 2.45) is 5.92 Å². The Kier molecular flexibility index (Phi) is 6.94. The summed E-state index contributed by atoms with van der Waals surface area (Å²) < 4.78 is 31.3. The van der Waals surface area contributed by atoms with Crippen molar-refractivity contribution in [2.45, 2.75) is 17.9 Å². The normalized spacial score (nSPS) is 22.0. The summed E-state index contributed by atoms with van der Waals surface area (Å²) in [5.74, 6) is -0.488. The first-order chi connectivity index (χ1) is 9.91. The van der Waals surface area contributed by atoms with Crippen molar-refractivity contribution in [2.75, 3.05) is 13.7 Å². The summed E-state index contributed by atoms with van der Waals surface area (Å²) in [5.41, 5.74) is 1.52. The van der Waals surface area contributed by atoms with Crippen LogP contribution < -0.4 is 10.2 Å². The molecule has 9 heteroatoms. The van der Waals surface area contributed by atoms with E-state index in [1.165, 1.54) is 36.9 Å². The summed E-state index contributed by atoms with van der Waals surface area (Å²) in [5, 5.41) is 8.78. The van der Waals surface area contributed by atoms with Gasteiger partial charge in [0.05, 0.1) is 18.0 Å². The minimum atomic E-state index is -3.83. The number of ether oxygens (including phenoxy) is 1. The summed E-state index contributed by atoms with van der Waals surface area (Å²) in [6.07, 6.45) is 1.72. The molecule has 2 unspecified atom stereocenters. The van der Waals surface area contributed by atoms with Crippen LogP contribution in [0.4, 0.5) is 0 Å². The monoisotopic (exact) mass is 402 g/mol. The second-order valence-electron chi connectivity index (χ2n) is 4.77. The van der Waals surface area contributed by atoms with Crippen molar-refractivity contribution in [3.8, 4) is 5.75 Å². The van der Waals surface area contributed by atoms with Crippen LogP contribution in [-0.4, -0.2) is 43.5 Å². The molecule has 1 aliphatic rings. The topological polar surface area (TPSA) is 95.9 Å². The maximum atomic E-state index is 12.6. The van der Waals surface area contributed by atoms with Gasteiger partial charge in [0, 0.05) is 32.7 Å². The number of benzene rings is 1. The number of methoxy groups -OCH3 is 1. The minimum absolute atomic E-state index is 0. The van der Waals surface area contributed by atoms with Crippen molar-refractivity contribution in [3.05, 3.63) is 30.7 Å². The quantitative estimate of drug-likeness (QED) is 0.432. The summed E-state index contributed by atoms with van der Waals surface area (Å²) >= 11 is 0. The van der Waals surface area contributed by atoms with Crippen molar-refractivity contribution < 1.29 is 55.9 Å². The molecular weight excluding hydrogens is 385 g/mol. The first kappa shape index (κ1) is 19.5. The molecular formula is C13H17N2O5SY-. The van der Waals surface area contributed by atoms with Gasteiger partial charge in [-0.2, -0.15) is 0 Å². The molecule has 119 valence electrons. The third-order valence-corrected chi connectivity index (χ3v) is 5.37. The van der Waals surface area contributed by atoms with Crippen LogP contribution in [0.3, 0.4) is 0 Å². The Morgan fingerprint density at radius 1 is 1.41 bits per heavy atom. The Morgan fingerprint density at radius 2 is 2.00 bits per heavy atom. The van der Waals surface area contributed by atoms with Crippen molar-refractivity contribution >= 4 is 15.9 Å². The maximum absolute atomic E-state index is 12.6. The van der Waals surface area contributed by atoms with Crippen LogP contribution in [0.25, 0.3) is 0 Å². The first-order valence-electron chi connectivity index (χ1n) is 6.35. The number of rotatable bonds is 4. The third kappa shape index (κ3) is 3.68. The number of nitrogens with one attached hydrogen (secondary N) is 1. The second kappa shape index (κ2) is 7.83. The van der Waals surface area contributed by atoms with Crippen LogP contribution in [0, 0.1) is 12.3 Å². The van der Waals surface area contributed by atoms with Gasteiger partial charge < -0.3 is 11.2 Å². The van der Waals surface area contributed by atoms with Crippen LogP contribution in [0.15, 0.2) is 29.2 Å². The molecule has 1 amide bonds. The molecule has 1 aromatic carbocycles. The molecule has 2 rings (SSSR count). The van der Waals surface area contributed by atoms with Gasteiger partial charge in [0.25, 0.3) is 5.91 Å². The van der Waals surface area contributed by atoms with E-state index in [0.29, 0.717) is 5.75 Å². The number of carbonyl (C=O) groups is 1. The number of nitrogens with zero attached hydrogens (tertiary/aromatic N) is 1. The van der Waals surface area contributed by atoms with Gasteiger partial charge in [0.1, 0.15) is 5.75 Å². The molecule has 1 fully saturated rings. The molecule has 1 aliphatic heterocycles. The Balaban J connectivity index is 0.00000242. The standard InChI is InChI=1S/C13H17N2O5S.Y/c1-9-7-8-15(12(9)13(16)14-17)21(18,19)11-5-3-10(20-2)4-6-11;/h3-7,9,12,17H,8H2,1-2H3,(H,14,16);/q-1;. The molecule has 0 aliphatic carbocycles. The van der Waals surface area contributed by atoms with Gasteiger partial charge >= 0.3 is 0 Å². The van der Waals surface area contributed by atoms with Crippen LogP contribution in [0.2, 0.25) is 0 Å². The minimum Gasteiger partial charge on any atom is -0.497 e. The predicted molar refractivity (Wildman–Crippen MR) is 74.1 cm³/mol. The van der Waals surface area contributed by atoms with Gasteiger partial charge in [-0.3, -0.25) is 10.0 Å². The summed E-state index contributed by atoms with van der Waals surface area (Å²) in [7, 11) is -2.34. The van der Waals surface area contributed by atoms with Crippen molar-refractivity contribution in [3.63, 3.8) is 0 Å². The Morgan fingerprint density at radius 3 is 2.50 bits per heavy atom. The number of hydrogen-bond acceptors (Lipinski definition) is 5.